The molecule has 1 aliphatic carbocycles. The van der Waals surface area contributed by atoms with E-state index < -0.39 is 23.2 Å². The lowest BCUT2D eigenvalue weighted by Gasteiger charge is -2.36. The Morgan fingerprint density at radius 3 is 2.47 bits per heavy atom. The molecule has 2 N–H and O–H groups in total. The van der Waals surface area contributed by atoms with Gasteiger partial charge in [-0.3, -0.25) is 0 Å². The van der Waals surface area contributed by atoms with Crippen LogP contribution < -0.4 is 5.32 Å². The number of carbonyl (C=O) groups is 1. The summed E-state index contributed by atoms with van der Waals surface area (Å²) in [5.41, 5.74) is -0.675. The molecule has 1 aromatic rings. The van der Waals surface area contributed by atoms with Crippen LogP contribution in [0.3, 0.4) is 0 Å². The second kappa shape index (κ2) is 5.52. The van der Waals surface area contributed by atoms with Gasteiger partial charge in [0.05, 0.1) is 11.7 Å². The highest BCUT2D eigenvalue weighted by molar-refractivity contribution is 5.88. The number of ether oxygens (including phenoxy) is 1. The summed E-state index contributed by atoms with van der Waals surface area (Å²) < 4.78 is 32.6. The number of benzene rings is 1. The zero-order valence-corrected chi connectivity index (χ0v) is 10.5. The first-order valence-corrected chi connectivity index (χ1v) is 6.11. The molecule has 0 heterocycles. The lowest BCUT2D eigenvalue weighted by molar-refractivity contribution is 0.00286. The van der Waals surface area contributed by atoms with Gasteiger partial charge >= 0.3 is 5.97 Å². The van der Waals surface area contributed by atoms with Crippen molar-refractivity contribution in [3.63, 3.8) is 0 Å². The normalized spacial score (nSPS) is 21.8. The van der Waals surface area contributed by atoms with Gasteiger partial charge in [-0.2, -0.15) is 0 Å². The Hall–Kier alpha value is -1.69. The van der Waals surface area contributed by atoms with Gasteiger partial charge < -0.3 is 15.2 Å². The van der Waals surface area contributed by atoms with Gasteiger partial charge in [0.15, 0.2) is 0 Å². The number of halogens is 2. The summed E-state index contributed by atoms with van der Waals surface area (Å²) >= 11 is 0. The first-order valence-electron chi connectivity index (χ1n) is 6.11. The molecule has 0 aliphatic heterocycles. The van der Waals surface area contributed by atoms with Gasteiger partial charge in [-0.15, -0.1) is 0 Å². The third-order valence-electron chi connectivity index (χ3n) is 3.13. The Morgan fingerprint density at radius 1 is 1.42 bits per heavy atom. The second-order valence-corrected chi connectivity index (χ2v) is 4.51. The average Bonchev–Trinajstić information content (AvgIpc) is 2.29. The summed E-state index contributed by atoms with van der Waals surface area (Å²) in [5, 5.41) is 11.4. The predicted molar refractivity (Wildman–Crippen MR) is 65.4 cm³/mol. The lowest BCUT2D eigenvalue weighted by Crippen LogP contribution is -2.41. The SMILES string of the molecule is CCOC1CC(Nc2c(F)cc(C(=O)O)cc2F)C1. The minimum atomic E-state index is -1.36. The molecule has 19 heavy (non-hydrogen) atoms. The highest BCUT2D eigenvalue weighted by Gasteiger charge is 2.30. The minimum absolute atomic E-state index is 0.0452. The molecule has 2 rings (SSSR count). The minimum Gasteiger partial charge on any atom is -0.478 e. The maximum Gasteiger partial charge on any atom is 0.335 e. The summed E-state index contributed by atoms with van der Waals surface area (Å²) in [6.07, 6.45) is 1.51. The van der Waals surface area contributed by atoms with E-state index in [1.165, 1.54) is 0 Å². The third-order valence-corrected chi connectivity index (χ3v) is 3.13. The number of rotatable bonds is 5. The van der Waals surface area contributed by atoms with Crippen LogP contribution in [-0.4, -0.2) is 29.8 Å². The Bertz CT molecular complexity index is 464. The summed E-state index contributed by atoms with van der Waals surface area (Å²) in [6.45, 7) is 2.51. The summed E-state index contributed by atoms with van der Waals surface area (Å²) in [7, 11) is 0. The van der Waals surface area contributed by atoms with Crippen molar-refractivity contribution in [2.45, 2.75) is 31.9 Å². The van der Waals surface area contributed by atoms with Crippen molar-refractivity contribution in [1.29, 1.82) is 0 Å². The van der Waals surface area contributed by atoms with Crippen LogP contribution in [0.2, 0.25) is 0 Å². The van der Waals surface area contributed by atoms with E-state index in [2.05, 4.69) is 5.32 Å². The van der Waals surface area contributed by atoms with E-state index in [1.807, 2.05) is 6.92 Å². The van der Waals surface area contributed by atoms with Crippen LogP contribution in [0.1, 0.15) is 30.1 Å². The smallest absolute Gasteiger partial charge is 0.335 e. The Labute approximate surface area is 109 Å². The van der Waals surface area contributed by atoms with E-state index in [1.54, 1.807) is 0 Å². The van der Waals surface area contributed by atoms with Crippen molar-refractivity contribution in [3.8, 4) is 0 Å². The fourth-order valence-corrected chi connectivity index (χ4v) is 2.09. The molecule has 0 atom stereocenters. The molecule has 0 amide bonds. The van der Waals surface area contributed by atoms with Crippen LogP contribution in [0.4, 0.5) is 14.5 Å². The van der Waals surface area contributed by atoms with Gasteiger partial charge in [0.25, 0.3) is 0 Å². The van der Waals surface area contributed by atoms with E-state index in [4.69, 9.17) is 9.84 Å². The molecule has 6 heteroatoms. The quantitative estimate of drug-likeness (QED) is 0.864. The first-order chi connectivity index (χ1) is 9.01. The largest absolute Gasteiger partial charge is 0.478 e. The topological polar surface area (TPSA) is 58.6 Å². The molecular formula is C13H15F2NO3. The number of carboxylic acids is 1. The average molecular weight is 271 g/mol. The predicted octanol–water partition coefficient (Wildman–Crippen LogP) is 2.64. The highest BCUT2D eigenvalue weighted by Crippen LogP contribution is 2.29. The van der Waals surface area contributed by atoms with Crippen LogP contribution in [0.5, 0.6) is 0 Å². The van der Waals surface area contributed by atoms with Crippen molar-refractivity contribution in [2.24, 2.45) is 0 Å². The Balaban J connectivity index is 2.04. The summed E-state index contributed by atoms with van der Waals surface area (Å²) in [4.78, 5) is 10.7. The Morgan fingerprint density at radius 2 is 2.00 bits per heavy atom. The van der Waals surface area contributed by atoms with E-state index in [-0.39, 0.29) is 17.8 Å². The van der Waals surface area contributed by atoms with Crippen molar-refractivity contribution in [1.82, 2.24) is 0 Å². The molecule has 4 nitrogen and oxygen atoms in total. The molecule has 0 spiro atoms. The molecule has 1 saturated carbocycles. The first kappa shape index (κ1) is 13.7. The fourth-order valence-electron chi connectivity index (χ4n) is 2.09. The number of anilines is 1. The Kier molecular flexibility index (Phi) is 3.99. The van der Waals surface area contributed by atoms with Crippen LogP contribution in [-0.2, 0) is 4.74 Å². The molecule has 0 bridgehead atoms. The summed E-state index contributed by atoms with van der Waals surface area (Å²) in [6, 6.07) is 1.58. The lowest BCUT2D eigenvalue weighted by atomic mass is 9.89. The van der Waals surface area contributed by atoms with Gasteiger partial charge in [0.1, 0.15) is 17.3 Å². The number of carboxylic acid groups (broad SMARTS) is 1. The van der Waals surface area contributed by atoms with Crippen molar-refractivity contribution in [3.05, 3.63) is 29.3 Å². The standard InChI is InChI=1S/C13H15F2NO3/c1-2-19-9-5-8(6-9)16-12-10(14)3-7(13(17)18)4-11(12)15/h3-4,8-9,16H,2,5-6H2,1H3,(H,17,18). The monoisotopic (exact) mass is 271 g/mol. The van der Waals surface area contributed by atoms with Crippen LogP contribution in [0.25, 0.3) is 0 Å². The zero-order valence-electron chi connectivity index (χ0n) is 10.5. The molecule has 104 valence electrons. The second-order valence-electron chi connectivity index (χ2n) is 4.51. The number of hydrogen-bond donors (Lipinski definition) is 2. The van der Waals surface area contributed by atoms with Gasteiger partial charge in [-0.1, -0.05) is 0 Å². The van der Waals surface area contributed by atoms with Crippen LogP contribution in [0.15, 0.2) is 12.1 Å². The number of hydrogen-bond acceptors (Lipinski definition) is 3. The molecular weight excluding hydrogens is 256 g/mol. The molecule has 0 radical (unpaired) electrons. The van der Waals surface area contributed by atoms with Gasteiger partial charge in [0, 0.05) is 12.6 Å². The van der Waals surface area contributed by atoms with Crippen molar-refractivity contribution in [2.75, 3.05) is 11.9 Å². The maximum atomic E-state index is 13.6. The van der Waals surface area contributed by atoms with E-state index in [0.717, 1.165) is 12.1 Å². The van der Waals surface area contributed by atoms with Gasteiger partial charge in [-0.05, 0) is 31.9 Å². The van der Waals surface area contributed by atoms with E-state index in [0.29, 0.717) is 19.4 Å². The zero-order chi connectivity index (χ0) is 14.0. The molecule has 0 saturated heterocycles. The van der Waals surface area contributed by atoms with E-state index >= 15 is 0 Å². The van der Waals surface area contributed by atoms with Crippen LogP contribution in [0, 0.1) is 11.6 Å². The molecule has 1 aromatic carbocycles. The van der Waals surface area contributed by atoms with Gasteiger partial charge in [0.2, 0.25) is 0 Å². The van der Waals surface area contributed by atoms with Crippen molar-refractivity contribution < 1.29 is 23.4 Å². The van der Waals surface area contributed by atoms with Crippen LogP contribution >= 0.6 is 0 Å². The highest BCUT2D eigenvalue weighted by atomic mass is 19.1. The number of aromatic carboxylic acids is 1. The third kappa shape index (κ3) is 3.01. The van der Waals surface area contributed by atoms with E-state index in [9.17, 15) is 13.6 Å². The van der Waals surface area contributed by atoms with Crippen molar-refractivity contribution >= 4 is 11.7 Å². The van der Waals surface area contributed by atoms with Gasteiger partial charge in [-0.25, -0.2) is 13.6 Å². The molecule has 1 fully saturated rings. The molecule has 1 aliphatic rings. The maximum absolute atomic E-state index is 13.6. The number of nitrogens with one attached hydrogen (secondary N) is 1. The molecule has 0 aromatic heterocycles. The fraction of sp³-hybridized carbons (Fsp3) is 0.462. The molecule has 0 unspecified atom stereocenters. The summed E-state index contributed by atoms with van der Waals surface area (Å²) in [5.74, 6) is -3.14.